The van der Waals surface area contributed by atoms with Gasteiger partial charge in [0.25, 0.3) is 5.76 Å². The molecule has 0 aliphatic heterocycles. The lowest BCUT2D eigenvalue weighted by Gasteiger charge is -1.98. The number of hydrazone groups is 1. The normalized spacial score (nSPS) is 11.1. The van der Waals surface area contributed by atoms with Crippen LogP contribution in [0.5, 0.6) is 0 Å². The average Bonchev–Trinajstić information content (AvgIpc) is 2.74. The second-order valence-corrected chi connectivity index (χ2v) is 4.21. The van der Waals surface area contributed by atoms with E-state index in [0.29, 0.717) is 28.4 Å². The lowest BCUT2D eigenvalue weighted by atomic mass is 10.4. The van der Waals surface area contributed by atoms with Crippen LogP contribution in [-0.4, -0.2) is 24.1 Å². The van der Waals surface area contributed by atoms with E-state index in [9.17, 15) is 8.78 Å². The minimum absolute atomic E-state index is 0.133. The van der Waals surface area contributed by atoms with E-state index in [2.05, 4.69) is 15.8 Å². The van der Waals surface area contributed by atoms with Crippen LogP contribution in [0.4, 0.5) is 8.78 Å². The van der Waals surface area contributed by atoms with Gasteiger partial charge in [0.15, 0.2) is 5.11 Å². The fourth-order valence-electron chi connectivity index (χ4n) is 0.897. The third-order valence-electron chi connectivity index (χ3n) is 1.62. The zero-order valence-corrected chi connectivity index (χ0v) is 10.6. The first-order valence-electron chi connectivity index (χ1n) is 4.61. The number of rotatable bonds is 5. The number of thiocarbonyl (C=S) groups is 1. The number of thioether (sulfide) groups is 1. The lowest BCUT2D eigenvalue weighted by molar-refractivity contribution is 0.251. The molecule has 1 aromatic rings. The molecule has 0 aromatic carbocycles. The van der Waals surface area contributed by atoms with Crippen molar-refractivity contribution in [2.75, 3.05) is 7.05 Å². The predicted octanol–water partition coefficient (Wildman–Crippen LogP) is 2.16. The van der Waals surface area contributed by atoms with Gasteiger partial charge in [0.2, 0.25) is 0 Å². The predicted molar refractivity (Wildman–Crippen MR) is 68.4 cm³/mol. The molecule has 0 saturated carbocycles. The summed E-state index contributed by atoms with van der Waals surface area (Å²) in [6.07, 6.45) is 1.42. The molecule has 1 heterocycles. The Kier molecular flexibility index (Phi) is 5.92. The Balaban J connectivity index is 2.42. The van der Waals surface area contributed by atoms with E-state index in [4.69, 9.17) is 16.6 Å². The van der Waals surface area contributed by atoms with Gasteiger partial charge in [0.1, 0.15) is 11.5 Å². The summed E-state index contributed by atoms with van der Waals surface area (Å²) in [5, 5.41) is 6.85. The zero-order chi connectivity index (χ0) is 12.7. The summed E-state index contributed by atoms with van der Waals surface area (Å²) in [4.78, 5) is 0. The van der Waals surface area contributed by atoms with E-state index < -0.39 is 5.76 Å². The third kappa shape index (κ3) is 5.64. The number of nitrogens with zero attached hydrogens (tertiary/aromatic N) is 1. The van der Waals surface area contributed by atoms with Crippen LogP contribution in [0.1, 0.15) is 11.5 Å². The second-order valence-electron chi connectivity index (χ2n) is 2.82. The van der Waals surface area contributed by atoms with Crippen molar-refractivity contribution < 1.29 is 13.2 Å². The highest BCUT2D eigenvalue weighted by atomic mass is 32.2. The third-order valence-corrected chi connectivity index (χ3v) is 2.62. The van der Waals surface area contributed by atoms with E-state index >= 15 is 0 Å². The van der Waals surface area contributed by atoms with Gasteiger partial charge >= 0.3 is 0 Å². The molecule has 0 fully saturated rings. The van der Waals surface area contributed by atoms with E-state index in [1.807, 2.05) is 0 Å². The van der Waals surface area contributed by atoms with Gasteiger partial charge in [-0.25, -0.2) is 0 Å². The Morgan fingerprint density at radius 2 is 2.41 bits per heavy atom. The van der Waals surface area contributed by atoms with Crippen molar-refractivity contribution in [3.05, 3.63) is 23.7 Å². The maximum atomic E-state index is 11.9. The fourth-order valence-corrected chi connectivity index (χ4v) is 1.40. The molecule has 8 heteroatoms. The van der Waals surface area contributed by atoms with Crippen molar-refractivity contribution in [3.63, 3.8) is 0 Å². The van der Waals surface area contributed by atoms with Gasteiger partial charge in [0, 0.05) is 7.05 Å². The van der Waals surface area contributed by atoms with Gasteiger partial charge in [0.05, 0.1) is 12.0 Å². The number of hydrogen-bond acceptors (Lipinski definition) is 4. The highest BCUT2D eigenvalue weighted by Crippen LogP contribution is 2.20. The number of alkyl halides is 2. The first-order chi connectivity index (χ1) is 8.11. The molecule has 0 atom stereocenters. The van der Waals surface area contributed by atoms with Gasteiger partial charge < -0.3 is 9.73 Å². The van der Waals surface area contributed by atoms with Gasteiger partial charge in [-0.15, -0.1) is 0 Å². The molecule has 0 aliphatic rings. The van der Waals surface area contributed by atoms with Crippen molar-refractivity contribution in [1.29, 1.82) is 0 Å². The van der Waals surface area contributed by atoms with Crippen LogP contribution in [0, 0.1) is 0 Å². The standard InChI is InChI=1S/C9H11F2N3OS2/c1-12-9(16)14-13-4-6-2-3-7(15-6)5-17-8(10)11/h2-4,8H,5H2,1H3,(H2,12,14,16)/b13-4-. The minimum atomic E-state index is -2.40. The van der Waals surface area contributed by atoms with Crippen molar-refractivity contribution in [1.82, 2.24) is 10.7 Å². The van der Waals surface area contributed by atoms with Gasteiger partial charge in [-0.1, -0.05) is 11.8 Å². The highest BCUT2D eigenvalue weighted by Gasteiger charge is 2.06. The van der Waals surface area contributed by atoms with Crippen LogP contribution in [-0.2, 0) is 5.75 Å². The monoisotopic (exact) mass is 279 g/mol. The van der Waals surface area contributed by atoms with E-state index in [1.54, 1.807) is 19.2 Å². The minimum Gasteiger partial charge on any atom is -0.459 e. The summed E-state index contributed by atoms with van der Waals surface area (Å²) in [6.45, 7) is 0. The van der Waals surface area contributed by atoms with Gasteiger partial charge in [-0.05, 0) is 24.4 Å². The molecule has 17 heavy (non-hydrogen) atoms. The van der Waals surface area contributed by atoms with Crippen molar-refractivity contribution in [2.45, 2.75) is 11.5 Å². The van der Waals surface area contributed by atoms with Crippen LogP contribution >= 0.6 is 24.0 Å². The molecular formula is C9H11F2N3OS2. The van der Waals surface area contributed by atoms with Crippen molar-refractivity contribution in [2.24, 2.45) is 5.10 Å². The molecule has 94 valence electrons. The Labute approximate surface area is 107 Å². The Hall–Kier alpha value is -1.15. The molecule has 0 amide bonds. The number of furan rings is 1. The summed E-state index contributed by atoms with van der Waals surface area (Å²) in [5.41, 5.74) is 2.54. The molecule has 2 N–H and O–H groups in total. The summed E-state index contributed by atoms with van der Waals surface area (Å²) in [7, 11) is 1.66. The first-order valence-corrected chi connectivity index (χ1v) is 6.06. The summed E-state index contributed by atoms with van der Waals surface area (Å²) in [5.74, 6) is -1.31. The van der Waals surface area contributed by atoms with Crippen LogP contribution < -0.4 is 10.7 Å². The van der Waals surface area contributed by atoms with E-state index in [-0.39, 0.29) is 5.75 Å². The van der Waals surface area contributed by atoms with Crippen LogP contribution in [0.15, 0.2) is 21.7 Å². The maximum absolute atomic E-state index is 11.9. The first kappa shape index (κ1) is 13.9. The van der Waals surface area contributed by atoms with Crippen molar-refractivity contribution >= 4 is 35.3 Å². The second kappa shape index (κ2) is 7.23. The fraction of sp³-hybridized carbons (Fsp3) is 0.333. The molecule has 0 unspecified atom stereocenters. The number of hydrogen-bond donors (Lipinski definition) is 2. The molecule has 0 spiro atoms. The van der Waals surface area contributed by atoms with E-state index in [1.165, 1.54) is 6.21 Å². The summed E-state index contributed by atoms with van der Waals surface area (Å²) in [6, 6.07) is 3.28. The smallest absolute Gasteiger partial charge is 0.284 e. The maximum Gasteiger partial charge on any atom is 0.284 e. The number of halogens is 2. The Morgan fingerprint density at radius 1 is 1.65 bits per heavy atom. The molecule has 0 aliphatic carbocycles. The molecule has 0 saturated heterocycles. The SMILES string of the molecule is CNC(=S)N/N=C\c1ccc(CSC(F)F)o1. The molecule has 1 rings (SSSR count). The van der Waals surface area contributed by atoms with Crippen molar-refractivity contribution in [3.8, 4) is 0 Å². The van der Waals surface area contributed by atoms with Crippen LogP contribution in [0.2, 0.25) is 0 Å². The molecule has 1 aromatic heterocycles. The summed E-state index contributed by atoms with van der Waals surface area (Å²) < 4.78 is 29.1. The number of nitrogens with one attached hydrogen (secondary N) is 2. The van der Waals surface area contributed by atoms with E-state index in [0.717, 1.165) is 0 Å². The summed E-state index contributed by atoms with van der Waals surface area (Å²) >= 11 is 5.30. The van der Waals surface area contributed by atoms with Crippen LogP contribution in [0.25, 0.3) is 0 Å². The highest BCUT2D eigenvalue weighted by molar-refractivity contribution is 7.98. The Morgan fingerprint density at radius 3 is 3.06 bits per heavy atom. The van der Waals surface area contributed by atoms with Gasteiger partial charge in [-0.3, -0.25) is 5.43 Å². The largest absolute Gasteiger partial charge is 0.459 e. The zero-order valence-electron chi connectivity index (χ0n) is 8.94. The molecule has 0 bridgehead atoms. The van der Waals surface area contributed by atoms with Crippen LogP contribution in [0.3, 0.4) is 0 Å². The molecule has 0 radical (unpaired) electrons. The Bertz CT molecular complexity index is 395. The topological polar surface area (TPSA) is 49.6 Å². The molecule has 4 nitrogen and oxygen atoms in total. The quantitative estimate of drug-likeness (QED) is 0.491. The lowest BCUT2D eigenvalue weighted by Crippen LogP contribution is -2.28. The average molecular weight is 279 g/mol. The van der Waals surface area contributed by atoms with Gasteiger partial charge in [-0.2, -0.15) is 13.9 Å². The molecular weight excluding hydrogens is 268 g/mol.